The first kappa shape index (κ1) is 52.4. The van der Waals surface area contributed by atoms with Crippen molar-refractivity contribution in [2.24, 2.45) is 0 Å². The van der Waals surface area contributed by atoms with Crippen LogP contribution in [0.4, 0.5) is 0 Å². The predicted octanol–water partition coefficient (Wildman–Crippen LogP) is 10.9. The van der Waals surface area contributed by atoms with E-state index in [1.807, 2.05) is 12.2 Å². The molecule has 3 N–H and O–H groups in total. The molecular weight excluding hydrogens is 719 g/mol. The molecule has 0 saturated heterocycles. The first-order chi connectivity index (χ1) is 26.7. The normalized spacial score (nSPS) is 14.6. The van der Waals surface area contributed by atoms with E-state index in [9.17, 15) is 24.2 Å². The van der Waals surface area contributed by atoms with Crippen LogP contribution >= 0.6 is 7.82 Å². The number of aliphatic hydroxyl groups is 2. The van der Waals surface area contributed by atoms with Gasteiger partial charge in [-0.1, -0.05) is 138 Å². The Bertz CT molecular complexity index is 1140. The van der Waals surface area contributed by atoms with Crippen LogP contribution in [0.3, 0.4) is 0 Å². The Labute approximate surface area is 333 Å². The highest BCUT2D eigenvalue weighted by Gasteiger charge is 2.27. The predicted molar refractivity (Wildman–Crippen MR) is 223 cm³/mol. The smallest absolute Gasteiger partial charge is 0.462 e. The van der Waals surface area contributed by atoms with Crippen molar-refractivity contribution in [3.05, 3.63) is 72.9 Å². The summed E-state index contributed by atoms with van der Waals surface area (Å²) in [6, 6.07) is 0. The molecule has 10 nitrogen and oxygen atoms in total. The lowest BCUT2D eigenvalue weighted by atomic mass is 10.1. The Morgan fingerprint density at radius 3 is 1.55 bits per heavy atom. The van der Waals surface area contributed by atoms with Crippen molar-refractivity contribution in [2.45, 2.75) is 167 Å². The molecule has 0 spiro atoms. The van der Waals surface area contributed by atoms with E-state index in [0.29, 0.717) is 12.8 Å². The van der Waals surface area contributed by atoms with Crippen molar-refractivity contribution < 1.29 is 47.8 Å². The largest absolute Gasteiger partial charge is 0.472 e. The van der Waals surface area contributed by atoms with Crippen molar-refractivity contribution in [2.75, 3.05) is 26.4 Å². The average molecular weight is 795 g/mol. The monoisotopic (exact) mass is 795 g/mol. The van der Waals surface area contributed by atoms with E-state index in [0.717, 1.165) is 64.2 Å². The summed E-state index contributed by atoms with van der Waals surface area (Å²) in [5.41, 5.74) is 0. The molecule has 316 valence electrons. The Morgan fingerprint density at radius 1 is 0.545 bits per heavy atom. The van der Waals surface area contributed by atoms with Crippen LogP contribution in [0, 0.1) is 0 Å². The van der Waals surface area contributed by atoms with Gasteiger partial charge >= 0.3 is 19.8 Å². The molecule has 3 atom stereocenters. The van der Waals surface area contributed by atoms with Gasteiger partial charge in [0.05, 0.1) is 19.8 Å². The van der Waals surface area contributed by atoms with E-state index < -0.39 is 51.8 Å². The summed E-state index contributed by atoms with van der Waals surface area (Å²) in [5.74, 6) is -1.04. The second kappa shape index (κ2) is 39.6. The van der Waals surface area contributed by atoms with Crippen molar-refractivity contribution in [3.63, 3.8) is 0 Å². The van der Waals surface area contributed by atoms with Gasteiger partial charge < -0.3 is 24.6 Å². The molecule has 0 saturated carbocycles. The standard InChI is InChI=1S/C44H75O10P/c1-3-5-7-9-11-13-15-17-18-19-20-21-22-24-25-27-29-31-33-35-43(47)51-39-42(40-53-55(49,50)52-38-41(46)37-45)54-44(48)36-34-32-30-28-26-23-16-14-12-10-8-6-4-2/h11,13-14,16-18,20-21,24-25,29,31,41-42,45-46H,3-10,12,15,19,22-23,26-28,30,32-40H2,1-2H3,(H,49,50)/b13-11+,16-14+,18-17+,21-20+,25-24+,31-29+/t41-,42+/m1/s1. The molecule has 0 aliphatic heterocycles. The van der Waals surface area contributed by atoms with Crippen LogP contribution in [-0.2, 0) is 32.7 Å². The third-order valence-electron chi connectivity index (χ3n) is 8.35. The molecule has 0 radical (unpaired) electrons. The van der Waals surface area contributed by atoms with Gasteiger partial charge in [0.1, 0.15) is 12.7 Å². The molecule has 1 unspecified atom stereocenters. The van der Waals surface area contributed by atoms with Crippen LogP contribution in [0.5, 0.6) is 0 Å². The molecule has 55 heavy (non-hydrogen) atoms. The number of phosphoric acid groups is 1. The first-order valence-electron chi connectivity index (χ1n) is 20.9. The minimum Gasteiger partial charge on any atom is -0.462 e. The van der Waals surface area contributed by atoms with Gasteiger partial charge in [0.25, 0.3) is 0 Å². The van der Waals surface area contributed by atoms with Gasteiger partial charge in [-0.2, -0.15) is 0 Å². The maximum Gasteiger partial charge on any atom is 0.472 e. The number of esters is 2. The number of phosphoric ester groups is 1. The summed E-state index contributed by atoms with van der Waals surface area (Å²) in [5, 5.41) is 18.3. The van der Waals surface area contributed by atoms with Gasteiger partial charge in [-0.25, -0.2) is 4.57 Å². The molecule has 11 heteroatoms. The number of unbranched alkanes of at least 4 members (excludes halogenated alkanes) is 12. The number of aliphatic hydroxyl groups excluding tert-OH is 2. The van der Waals surface area contributed by atoms with Crippen LogP contribution < -0.4 is 0 Å². The molecule has 0 aromatic heterocycles. The topological polar surface area (TPSA) is 149 Å². The first-order valence-corrected chi connectivity index (χ1v) is 22.4. The van der Waals surface area contributed by atoms with E-state index in [2.05, 4.69) is 79.1 Å². The summed E-state index contributed by atoms with van der Waals surface area (Å²) in [6.45, 7) is 2.22. The Kier molecular flexibility index (Phi) is 37.8. The lowest BCUT2D eigenvalue weighted by molar-refractivity contribution is -0.161. The molecular formula is C44H75O10P. The number of ether oxygens (including phenoxy) is 2. The molecule has 0 amide bonds. The maximum absolute atomic E-state index is 12.6. The van der Waals surface area contributed by atoms with E-state index in [1.54, 1.807) is 0 Å². The zero-order valence-corrected chi connectivity index (χ0v) is 35.0. The second-order valence-electron chi connectivity index (χ2n) is 13.7. The van der Waals surface area contributed by atoms with Crippen molar-refractivity contribution >= 4 is 19.8 Å². The fraction of sp³-hybridized carbons (Fsp3) is 0.682. The molecule has 0 fully saturated rings. The van der Waals surface area contributed by atoms with Gasteiger partial charge in [-0.05, 0) is 77.0 Å². The molecule has 0 aliphatic rings. The van der Waals surface area contributed by atoms with E-state index in [-0.39, 0.29) is 19.4 Å². The van der Waals surface area contributed by atoms with Gasteiger partial charge in [0.2, 0.25) is 0 Å². The summed E-state index contributed by atoms with van der Waals surface area (Å²) in [6.07, 6.45) is 44.5. The van der Waals surface area contributed by atoms with Crippen molar-refractivity contribution in [3.8, 4) is 0 Å². The van der Waals surface area contributed by atoms with Gasteiger partial charge in [0, 0.05) is 12.8 Å². The number of allylic oxidation sites excluding steroid dienone is 12. The van der Waals surface area contributed by atoms with Gasteiger partial charge in [0.15, 0.2) is 6.10 Å². The number of rotatable bonds is 38. The van der Waals surface area contributed by atoms with Crippen LogP contribution in [0.25, 0.3) is 0 Å². The third-order valence-corrected chi connectivity index (χ3v) is 9.30. The fourth-order valence-corrected chi connectivity index (χ4v) is 5.88. The minimum absolute atomic E-state index is 0.113. The van der Waals surface area contributed by atoms with Crippen molar-refractivity contribution in [1.82, 2.24) is 0 Å². The Hall–Kier alpha value is -2.59. The number of hydrogen-bond acceptors (Lipinski definition) is 9. The average Bonchev–Trinajstić information content (AvgIpc) is 3.17. The molecule has 0 heterocycles. The third kappa shape index (κ3) is 39.4. The Balaban J connectivity index is 4.46. The van der Waals surface area contributed by atoms with Crippen molar-refractivity contribution in [1.29, 1.82) is 0 Å². The van der Waals surface area contributed by atoms with Gasteiger partial charge in [-0.15, -0.1) is 0 Å². The zero-order chi connectivity index (χ0) is 40.5. The van der Waals surface area contributed by atoms with Crippen LogP contribution in [0.15, 0.2) is 72.9 Å². The zero-order valence-electron chi connectivity index (χ0n) is 34.1. The molecule has 0 aromatic rings. The fourth-order valence-electron chi connectivity index (χ4n) is 5.09. The van der Waals surface area contributed by atoms with E-state index in [4.69, 9.17) is 19.1 Å². The second-order valence-corrected chi connectivity index (χ2v) is 15.1. The highest BCUT2D eigenvalue weighted by atomic mass is 31.2. The van der Waals surface area contributed by atoms with E-state index in [1.165, 1.54) is 51.4 Å². The van der Waals surface area contributed by atoms with Crippen LogP contribution in [-0.4, -0.2) is 65.7 Å². The summed E-state index contributed by atoms with van der Waals surface area (Å²) in [4.78, 5) is 34.9. The lowest BCUT2D eigenvalue weighted by Crippen LogP contribution is -2.29. The quantitative estimate of drug-likeness (QED) is 0.0239. The number of carbonyl (C=O) groups is 2. The number of hydrogen-bond donors (Lipinski definition) is 3. The molecule has 0 bridgehead atoms. The highest BCUT2D eigenvalue weighted by Crippen LogP contribution is 2.43. The minimum atomic E-state index is -4.64. The SMILES string of the molecule is CCCCC/C=C/C/C=C/C/C=C/C/C=C/C/C=C/CCC(=O)OC[C@@H](COP(=O)(O)OC[C@H](O)CO)OC(=O)CCCCCCC/C=C/CCCCCC. The summed E-state index contributed by atoms with van der Waals surface area (Å²) >= 11 is 0. The summed E-state index contributed by atoms with van der Waals surface area (Å²) in [7, 11) is -4.64. The van der Waals surface area contributed by atoms with E-state index >= 15 is 0 Å². The number of carbonyl (C=O) groups excluding carboxylic acids is 2. The molecule has 0 aromatic carbocycles. The Morgan fingerprint density at radius 2 is 0.982 bits per heavy atom. The highest BCUT2D eigenvalue weighted by molar-refractivity contribution is 7.47. The van der Waals surface area contributed by atoms with Gasteiger partial charge in [-0.3, -0.25) is 18.6 Å². The maximum atomic E-state index is 12.6. The lowest BCUT2D eigenvalue weighted by Gasteiger charge is -2.20. The van der Waals surface area contributed by atoms with Crippen LogP contribution in [0.2, 0.25) is 0 Å². The molecule has 0 rings (SSSR count). The summed E-state index contributed by atoms with van der Waals surface area (Å²) < 4.78 is 32.6. The van der Waals surface area contributed by atoms with Crippen LogP contribution in [0.1, 0.15) is 155 Å². The molecule has 0 aliphatic carbocycles.